The minimum absolute atomic E-state index is 0.192. The van der Waals surface area contributed by atoms with E-state index in [-0.39, 0.29) is 30.8 Å². The van der Waals surface area contributed by atoms with Gasteiger partial charge in [0.15, 0.2) is 11.9 Å². The first-order valence-corrected chi connectivity index (χ1v) is 11.9. The van der Waals surface area contributed by atoms with Gasteiger partial charge in [0, 0.05) is 30.1 Å². The van der Waals surface area contributed by atoms with E-state index < -0.39 is 52.7 Å². The summed E-state index contributed by atoms with van der Waals surface area (Å²) in [5.41, 5.74) is -1.88. The quantitative estimate of drug-likeness (QED) is 0.483. The Balaban J connectivity index is 1.80. The number of carbonyl (C=O) groups is 1. The van der Waals surface area contributed by atoms with E-state index >= 15 is 0 Å². The largest absolute Gasteiger partial charge is 0.453 e. The first kappa shape index (κ1) is 23.2. The Labute approximate surface area is 195 Å². The second-order valence-corrected chi connectivity index (χ2v) is 11.4. The van der Waals surface area contributed by atoms with Crippen LogP contribution in [-0.2, 0) is 23.7 Å². The molecule has 7 nitrogen and oxygen atoms in total. The van der Waals surface area contributed by atoms with E-state index in [1.807, 2.05) is 33.8 Å². The van der Waals surface area contributed by atoms with Crippen LogP contribution in [0.3, 0.4) is 0 Å². The predicted molar refractivity (Wildman–Crippen MR) is 120 cm³/mol. The Kier molecular flexibility index (Phi) is 4.94. The summed E-state index contributed by atoms with van der Waals surface area (Å²) >= 11 is 0. The molecule has 0 aromatic carbocycles. The lowest BCUT2D eigenvalue weighted by atomic mass is 9.44. The van der Waals surface area contributed by atoms with Crippen LogP contribution in [0.15, 0.2) is 36.0 Å². The molecule has 182 valence electrons. The van der Waals surface area contributed by atoms with Gasteiger partial charge in [-0.15, -0.1) is 0 Å². The number of hydrogen-bond acceptors (Lipinski definition) is 7. The average Bonchev–Trinajstić information content (AvgIpc) is 3.14. The van der Waals surface area contributed by atoms with E-state index in [1.54, 1.807) is 6.08 Å². The van der Waals surface area contributed by atoms with Gasteiger partial charge in [-0.05, 0) is 30.1 Å². The van der Waals surface area contributed by atoms with E-state index in [0.717, 1.165) is 11.1 Å². The molecule has 5 rings (SSSR count). The maximum Gasteiger partial charge on any atom is 0.303 e. The highest BCUT2D eigenvalue weighted by Crippen LogP contribution is 2.66. The van der Waals surface area contributed by atoms with Crippen LogP contribution >= 0.6 is 0 Å². The van der Waals surface area contributed by atoms with E-state index in [9.17, 15) is 15.0 Å². The molecule has 3 fully saturated rings. The second-order valence-electron chi connectivity index (χ2n) is 11.4. The highest BCUT2D eigenvalue weighted by molar-refractivity contribution is 5.67. The number of rotatable bonds is 2. The van der Waals surface area contributed by atoms with Crippen LogP contribution in [0.1, 0.15) is 48.0 Å². The molecule has 0 unspecified atom stereocenters. The lowest BCUT2D eigenvalue weighted by Crippen LogP contribution is -2.76. The Morgan fingerprint density at radius 2 is 2.00 bits per heavy atom. The van der Waals surface area contributed by atoms with E-state index in [2.05, 4.69) is 19.6 Å². The summed E-state index contributed by atoms with van der Waals surface area (Å²) in [6, 6.07) is 0. The van der Waals surface area contributed by atoms with Crippen molar-refractivity contribution in [2.45, 2.75) is 89.9 Å². The lowest BCUT2D eigenvalue weighted by molar-refractivity contribution is -0.306. The van der Waals surface area contributed by atoms with Crippen LogP contribution in [0, 0.1) is 22.7 Å². The molecule has 10 atom stereocenters. The van der Waals surface area contributed by atoms with Gasteiger partial charge in [-0.3, -0.25) is 4.79 Å². The van der Waals surface area contributed by atoms with Crippen LogP contribution in [0.2, 0.25) is 0 Å². The molecular formula is C26H36O7. The topological polar surface area (TPSA) is 94.5 Å². The summed E-state index contributed by atoms with van der Waals surface area (Å²) in [4.78, 5) is 12.3. The maximum atomic E-state index is 12.4. The SMILES string of the molecule is C=C[C@@H]1O[C@@H]2C3=C(C)[C@@H](O)C[C@@](O)([C@@H](C)[C@H]4[C@@](C)(C=C[C@H]5OC[C@]54OC(C)=O)[C@@H]2O1)C3(C)C. The first-order chi connectivity index (χ1) is 15.3. The van der Waals surface area contributed by atoms with Gasteiger partial charge in [-0.1, -0.05) is 46.4 Å². The second kappa shape index (κ2) is 7.01. The monoisotopic (exact) mass is 460 g/mol. The molecule has 2 bridgehead atoms. The van der Waals surface area contributed by atoms with Gasteiger partial charge in [-0.25, -0.2) is 0 Å². The molecule has 5 aliphatic rings. The van der Waals surface area contributed by atoms with Crippen molar-refractivity contribution in [2.24, 2.45) is 22.7 Å². The van der Waals surface area contributed by atoms with Crippen LogP contribution in [-0.4, -0.2) is 64.7 Å². The smallest absolute Gasteiger partial charge is 0.303 e. The van der Waals surface area contributed by atoms with Crippen LogP contribution < -0.4 is 0 Å². The van der Waals surface area contributed by atoms with Crippen molar-refractivity contribution >= 4 is 5.97 Å². The molecule has 33 heavy (non-hydrogen) atoms. The summed E-state index contributed by atoms with van der Waals surface area (Å²) in [5.74, 6) is -1.09. The first-order valence-electron chi connectivity index (χ1n) is 11.9. The van der Waals surface area contributed by atoms with Gasteiger partial charge in [0.25, 0.3) is 0 Å². The van der Waals surface area contributed by atoms with Gasteiger partial charge in [0.1, 0.15) is 18.3 Å². The van der Waals surface area contributed by atoms with Crippen molar-refractivity contribution in [1.29, 1.82) is 0 Å². The third-order valence-corrected chi connectivity index (χ3v) is 9.50. The normalized spacial score (nSPS) is 51.9. The summed E-state index contributed by atoms with van der Waals surface area (Å²) in [6.07, 6.45) is 3.11. The third kappa shape index (κ3) is 2.71. The summed E-state index contributed by atoms with van der Waals surface area (Å²) in [6.45, 7) is 15.6. The third-order valence-electron chi connectivity index (χ3n) is 9.50. The molecule has 3 aliphatic carbocycles. The van der Waals surface area contributed by atoms with Crippen molar-refractivity contribution in [3.8, 4) is 0 Å². The Morgan fingerprint density at radius 3 is 2.58 bits per heavy atom. The molecule has 2 saturated heterocycles. The standard InChI is InChI=1S/C26H36O7/c1-8-18-31-20-19-13(2)16(28)11-26(29,23(19,5)6)14(3)21-24(7,22(20)32-18)10-9-17-25(21,12-30-17)33-15(4)27/h8-10,14,16-18,20-22,28-29H,1,11-12H2,2-7H3/t14-,16-,17+,18+,20+,21-,22+,24+,25-,26+/m0/s1. The zero-order valence-electron chi connectivity index (χ0n) is 20.3. The van der Waals surface area contributed by atoms with Gasteiger partial charge < -0.3 is 29.2 Å². The number of carbonyl (C=O) groups excluding carboxylic acids is 1. The fraction of sp³-hybridized carbons (Fsp3) is 0.731. The number of hydrogen-bond donors (Lipinski definition) is 2. The number of aliphatic hydroxyl groups is 2. The number of aliphatic hydroxyl groups excluding tert-OH is 1. The fourth-order valence-electron chi connectivity index (χ4n) is 7.89. The molecule has 2 aliphatic heterocycles. The Morgan fingerprint density at radius 1 is 1.30 bits per heavy atom. The molecule has 0 aromatic heterocycles. The summed E-state index contributed by atoms with van der Waals surface area (Å²) in [5, 5.41) is 23.6. The van der Waals surface area contributed by atoms with E-state index in [4.69, 9.17) is 18.9 Å². The van der Waals surface area contributed by atoms with Crippen molar-refractivity contribution in [3.05, 3.63) is 36.0 Å². The maximum absolute atomic E-state index is 12.4. The Hall–Kier alpha value is -1.51. The Bertz CT molecular complexity index is 952. The highest BCUT2D eigenvalue weighted by atomic mass is 16.7. The van der Waals surface area contributed by atoms with Gasteiger partial charge in [0.2, 0.25) is 0 Å². The molecule has 0 spiro atoms. The molecule has 0 aromatic rings. The number of ether oxygens (including phenoxy) is 4. The lowest BCUT2D eigenvalue weighted by Gasteiger charge is -2.66. The highest BCUT2D eigenvalue weighted by Gasteiger charge is 2.73. The van der Waals surface area contributed by atoms with Crippen molar-refractivity contribution in [1.82, 2.24) is 0 Å². The molecular weight excluding hydrogens is 424 g/mol. The number of esters is 1. The predicted octanol–water partition coefficient (Wildman–Crippen LogP) is 2.66. The van der Waals surface area contributed by atoms with Crippen LogP contribution in [0.25, 0.3) is 0 Å². The minimum atomic E-state index is -1.29. The minimum Gasteiger partial charge on any atom is -0.453 e. The molecule has 7 heteroatoms. The molecule has 0 radical (unpaired) electrons. The number of fused-ring (bicyclic) bond motifs is 8. The van der Waals surface area contributed by atoms with Crippen LogP contribution in [0.5, 0.6) is 0 Å². The molecule has 0 amide bonds. The van der Waals surface area contributed by atoms with E-state index in [0.29, 0.717) is 0 Å². The van der Waals surface area contributed by atoms with Crippen molar-refractivity contribution in [3.63, 3.8) is 0 Å². The molecule has 2 heterocycles. The van der Waals surface area contributed by atoms with Gasteiger partial charge in [-0.2, -0.15) is 0 Å². The average molecular weight is 461 g/mol. The molecule has 2 N–H and O–H groups in total. The van der Waals surface area contributed by atoms with Gasteiger partial charge in [0.05, 0.1) is 18.3 Å². The van der Waals surface area contributed by atoms with Crippen molar-refractivity contribution in [2.75, 3.05) is 6.61 Å². The van der Waals surface area contributed by atoms with Crippen molar-refractivity contribution < 1.29 is 34.0 Å². The zero-order valence-corrected chi connectivity index (χ0v) is 20.3. The summed E-state index contributed by atoms with van der Waals surface area (Å²) in [7, 11) is 0. The summed E-state index contributed by atoms with van der Waals surface area (Å²) < 4.78 is 24.7. The van der Waals surface area contributed by atoms with Crippen LogP contribution in [0.4, 0.5) is 0 Å². The fourth-order valence-corrected chi connectivity index (χ4v) is 7.89. The van der Waals surface area contributed by atoms with E-state index in [1.165, 1.54) is 6.92 Å². The molecule has 1 saturated carbocycles. The van der Waals surface area contributed by atoms with Gasteiger partial charge >= 0.3 is 5.97 Å². The zero-order chi connectivity index (χ0) is 24.1.